The molecular formula is C35H42O6S. The molecule has 6 nitrogen and oxygen atoms in total. The smallest absolute Gasteiger partial charge is 0.339 e. The van der Waals surface area contributed by atoms with Crippen molar-refractivity contribution in [1.82, 2.24) is 0 Å². The lowest BCUT2D eigenvalue weighted by Gasteiger charge is -2.14. The van der Waals surface area contributed by atoms with Crippen LogP contribution in [0.5, 0.6) is 5.75 Å². The molecule has 0 aliphatic rings. The van der Waals surface area contributed by atoms with E-state index < -0.39 is 12.1 Å². The van der Waals surface area contributed by atoms with E-state index in [0.29, 0.717) is 24.3 Å². The van der Waals surface area contributed by atoms with Gasteiger partial charge in [0.05, 0.1) is 19.3 Å². The fourth-order valence-corrected chi connectivity index (χ4v) is 5.22. The van der Waals surface area contributed by atoms with E-state index in [1.165, 1.54) is 18.9 Å². The van der Waals surface area contributed by atoms with Crippen LogP contribution in [0.1, 0.15) is 73.9 Å². The summed E-state index contributed by atoms with van der Waals surface area (Å²) in [5.41, 5.74) is 2.68. The van der Waals surface area contributed by atoms with Crippen molar-refractivity contribution < 1.29 is 29.2 Å². The average molecular weight is 591 g/mol. The Kier molecular flexibility index (Phi) is 15.0. The highest BCUT2D eigenvalue weighted by Crippen LogP contribution is 2.36. The van der Waals surface area contributed by atoms with Gasteiger partial charge >= 0.3 is 5.97 Å². The van der Waals surface area contributed by atoms with E-state index in [2.05, 4.69) is 18.8 Å². The van der Waals surface area contributed by atoms with Crippen LogP contribution >= 0.6 is 11.8 Å². The van der Waals surface area contributed by atoms with Crippen LogP contribution in [-0.2, 0) is 9.47 Å². The quantitative estimate of drug-likeness (QED) is 0.0958. The minimum Gasteiger partial charge on any atom is -0.494 e. The molecule has 0 bridgehead atoms. The first-order valence-electron chi connectivity index (χ1n) is 14.6. The summed E-state index contributed by atoms with van der Waals surface area (Å²) in [5, 5.41) is 19.7. The van der Waals surface area contributed by atoms with Gasteiger partial charge < -0.3 is 24.4 Å². The predicted octanol–water partition coefficient (Wildman–Crippen LogP) is 7.47. The standard InChI is InChI=1S/C35H42O6S/c1-3-4-25-41-28-17-19-29(20-18-28)42-34-21-16-27(26-32(34)35(38)39-2)30-13-8-9-14-31(30)33(37)15-12-24-40-23-11-7-5-6-10-22-36/h8-9,13-14,16-21,26,33,36-37H,3-7,10-11,22-25H2,1-2H3. The Morgan fingerprint density at radius 1 is 0.929 bits per heavy atom. The Morgan fingerprint density at radius 2 is 1.69 bits per heavy atom. The maximum Gasteiger partial charge on any atom is 0.339 e. The van der Waals surface area contributed by atoms with Crippen molar-refractivity contribution in [3.05, 3.63) is 77.9 Å². The molecule has 0 heterocycles. The van der Waals surface area contributed by atoms with Crippen molar-refractivity contribution in [2.24, 2.45) is 0 Å². The van der Waals surface area contributed by atoms with Gasteiger partial charge in [-0.15, -0.1) is 0 Å². The van der Waals surface area contributed by atoms with Gasteiger partial charge in [0.25, 0.3) is 0 Å². The number of hydrogen-bond acceptors (Lipinski definition) is 7. The van der Waals surface area contributed by atoms with Crippen LogP contribution in [0.25, 0.3) is 11.1 Å². The van der Waals surface area contributed by atoms with Gasteiger partial charge in [-0.25, -0.2) is 4.79 Å². The number of ether oxygens (including phenoxy) is 3. The zero-order chi connectivity index (χ0) is 30.0. The van der Waals surface area contributed by atoms with Gasteiger partial charge in [-0.2, -0.15) is 0 Å². The lowest BCUT2D eigenvalue weighted by molar-refractivity contribution is 0.0597. The number of unbranched alkanes of at least 4 members (excludes halogenated alkanes) is 5. The molecule has 1 atom stereocenters. The summed E-state index contributed by atoms with van der Waals surface area (Å²) < 4.78 is 16.5. The van der Waals surface area contributed by atoms with E-state index in [-0.39, 0.29) is 13.2 Å². The molecule has 7 heteroatoms. The fourth-order valence-electron chi connectivity index (χ4n) is 4.31. The first-order chi connectivity index (χ1) is 20.6. The monoisotopic (exact) mass is 590 g/mol. The van der Waals surface area contributed by atoms with E-state index in [1.807, 2.05) is 60.7 Å². The highest BCUT2D eigenvalue weighted by Gasteiger charge is 2.17. The molecule has 0 saturated heterocycles. The maximum absolute atomic E-state index is 12.8. The second kappa shape index (κ2) is 19.0. The molecule has 3 aromatic rings. The van der Waals surface area contributed by atoms with Crippen LogP contribution in [0.15, 0.2) is 76.5 Å². The number of carbonyl (C=O) groups is 1. The van der Waals surface area contributed by atoms with E-state index in [4.69, 9.17) is 19.3 Å². The van der Waals surface area contributed by atoms with Gasteiger partial charge in [0.1, 0.15) is 18.5 Å². The number of aliphatic hydroxyl groups excluding tert-OH is 2. The van der Waals surface area contributed by atoms with Gasteiger partial charge in [-0.05, 0) is 66.8 Å². The van der Waals surface area contributed by atoms with E-state index in [0.717, 1.165) is 71.6 Å². The Bertz CT molecular complexity index is 1290. The van der Waals surface area contributed by atoms with Gasteiger partial charge in [0.15, 0.2) is 0 Å². The highest BCUT2D eigenvalue weighted by atomic mass is 32.2. The van der Waals surface area contributed by atoms with Gasteiger partial charge in [0.2, 0.25) is 0 Å². The van der Waals surface area contributed by atoms with Crippen molar-refractivity contribution in [2.75, 3.05) is 33.5 Å². The number of aliphatic hydroxyl groups is 2. The molecule has 1 unspecified atom stereocenters. The minimum atomic E-state index is -1.00. The van der Waals surface area contributed by atoms with E-state index in [9.17, 15) is 9.90 Å². The molecular weight excluding hydrogens is 548 g/mol. The van der Waals surface area contributed by atoms with Crippen LogP contribution in [0.2, 0.25) is 0 Å². The van der Waals surface area contributed by atoms with Gasteiger partial charge in [-0.1, -0.05) is 86.5 Å². The normalized spacial score (nSPS) is 11.4. The second-order valence-corrected chi connectivity index (χ2v) is 10.9. The lowest BCUT2D eigenvalue weighted by atomic mass is 9.95. The predicted molar refractivity (Wildman–Crippen MR) is 168 cm³/mol. The molecule has 42 heavy (non-hydrogen) atoms. The summed E-state index contributed by atoms with van der Waals surface area (Å²) in [6.45, 7) is 3.95. The molecule has 0 spiro atoms. The highest BCUT2D eigenvalue weighted by molar-refractivity contribution is 7.99. The SMILES string of the molecule is CCCCOc1ccc(Sc2ccc(-c3ccccc3C(O)C#CCOCCCCCCCO)cc2C(=O)OC)cc1. The van der Waals surface area contributed by atoms with Crippen LogP contribution in [0, 0.1) is 11.8 Å². The number of benzene rings is 3. The Labute approximate surface area is 254 Å². The maximum atomic E-state index is 12.8. The van der Waals surface area contributed by atoms with Crippen molar-refractivity contribution >= 4 is 17.7 Å². The average Bonchev–Trinajstić information content (AvgIpc) is 3.02. The summed E-state index contributed by atoms with van der Waals surface area (Å²) in [7, 11) is 1.37. The fraction of sp³-hybridized carbons (Fsp3) is 0.400. The van der Waals surface area contributed by atoms with Crippen LogP contribution < -0.4 is 4.74 Å². The number of hydrogen-bond donors (Lipinski definition) is 2. The molecule has 0 fully saturated rings. The molecule has 0 aliphatic heterocycles. The van der Waals surface area contributed by atoms with Crippen molar-refractivity contribution in [3.8, 4) is 28.7 Å². The zero-order valence-electron chi connectivity index (χ0n) is 24.6. The van der Waals surface area contributed by atoms with Crippen molar-refractivity contribution in [3.63, 3.8) is 0 Å². The summed E-state index contributed by atoms with van der Waals surface area (Å²) in [4.78, 5) is 14.5. The first-order valence-corrected chi connectivity index (χ1v) is 15.5. The van der Waals surface area contributed by atoms with E-state index in [1.54, 1.807) is 6.07 Å². The van der Waals surface area contributed by atoms with Gasteiger partial charge in [-0.3, -0.25) is 0 Å². The number of methoxy groups -OCH3 is 1. The van der Waals surface area contributed by atoms with Gasteiger partial charge in [0, 0.05) is 28.6 Å². The summed E-state index contributed by atoms with van der Waals surface area (Å²) in [6, 6.07) is 21.0. The Hall–Kier alpha value is -3.28. The Balaban J connectivity index is 1.69. The third kappa shape index (κ3) is 10.8. The molecule has 0 saturated carbocycles. The second-order valence-electron chi connectivity index (χ2n) is 9.83. The number of rotatable bonds is 17. The van der Waals surface area contributed by atoms with Crippen LogP contribution in [0.3, 0.4) is 0 Å². The summed E-state index contributed by atoms with van der Waals surface area (Å²) in [5.74, 6) is 6.21. The molecule has 0 radical (unpaired) electrons. The molecule has 3 rings (SSSR count). The van der Waals surface area contributed by atoms with Crippen LogP contribution in [-0.4, -0.2) is 49.7 Å². The summed E-state index contributed by atoms with van der Waals surface area (Å²) in [6.07, 6.45) is 6.08. The number of carbonyl (C=O) groups excluding carboxylic acids is 1. The minimum absolute atomic E-state index is 0.249. The molecule has 0 aliphatic carbocycles. The van der Waals surface area contributed by atoms with Crippen molar-refractivity contribution in [2.45, 2.75) is 67.8 Å². The van der Waals surface area contributed by atoms with Crippen LogP contribution in [0.4, 0.5) is 0 Å². The van der Waals surface area contributed by atoms with E-state index >= 15 is 0 Å². The third-order valence-electron chi connectivity index (χ3n) is 6.63. The Morgan fingerprint density at radius 3 is 2.45 bits per heavy atom. The summed E-state index contributed by atoms with van der Waals surface area (Å²) >= 11 is 1.48. The molecule has 3 aromatic carbocycles. The third-order valence-corrected chi connectivity index (χ3v) is 7.71. The molecule has 2 N–H and O–H groups in total. The lowest BCUT2D eigenvalue weighted by Crippen LogP contribution is -2.04. The first kappa shape index (κ1) is 33.2. The topological polar surface area (TPSA) is 85.2 Å². The molecule has 224 valence electrons. The zero-order valence-corrected chi connectivity index (χ0v) is 25.5. The molecule has 0 aromatic heterocycles. The number of esters is 1. The largest absolute Gasteiger partial charge is 0.494 e. The molecule has 0 amide bonds. The van der Waals surface area contributed by atoms with Crippen molar-refractivity contribution in [1.29, 1.82) is 0 Å².